The van der Waals surface area contributed by atoms with Crippen LogP contribution < -0.4 is 0 Å². The van der Waals surface area contributed by atoms with E-state index in [0.29, 0.717) is 5.71 Å². The summed E-state index contributed by atoms with van der Waals surface area (Å²) in [6.45, 7) is 19.4. The van der Waals surface area contributed by atoms with E-state index in [0.717, 1.165) is 56.2 Å². The molecule has 3 rings (SSSR count). The van der Waals surface area contributed by atoms with Crippen LogP contribution in [0.4, 0.5) is 17.1 Å². The summed E-state index contributed by atoms with van der Waals surface area (Å²) in [4.78, 5) is 14.6. The van der Waals surface area contributed by atoms with Gasteiger partial charge in [0.25, 0.3) is 0 Å². The van der Waals surface area contributed by atoms with Gasteiger partial charge in [-0.1, -0.05) is 78.9 Å². The summed E-state index contributed by atoms with van der Waals surface area (Å²) < 4.78 is 0. The van der Waals surface area contributed by atoms with Crippen LogP contribution in [0.2, 0.25) is 0 Å². The Morgan fingerprint density at radius 2 is 0.943 bits per heavy atom. The SMILES string of the molecule is C=[C-]C.CC(=Nc1c(C)cccc1C)C([C-]=Nc1c(C)cccc1C)=Nc1c(C)cccc1C.[Ni+2]. The van der Waals surface area contributed by atoms with Gasteiger partial charge in [0.1, 0.15) is 0 Å². The maximum absolute atomic E-state index is 4.97. The van der Waals surface area contributed by atoms with Crippen molar-refractivity contribution < 1.29 is 16.5 Å². The summed E-state index contributed by atoms with van der Waals surface area (Å²) in [5, 5.41) is 0. The van der Waals surface area contributed by atoms with Gasteiger partial charge in [-0.15, -0.1) is 0 Å². The smallest absolute Gasteiger partial charge is 0.507 e. The molecule has 4 heteroatoms. The molecule has 0 amide bonds. The van der Waals surface area contributed by atoms with Crippen molar-refractivity contribution in [3.05, 3.63) is 101 Å². The Morgan fingerprint density at radius 1 is 0.629 bits per heavy atom. The van der Waals surface area contributed by atoms with Crippen molar-refractivity contribution in [1.29, 1.82) is 0 Å². The summed E-state index contributed by atoms with van der Waals surface area (Å²) in [6.07, 6.45) is 5.72. The first kappa shape index (κ1) is 29.9. The monoisotopic (exact) mass is 507 g/mol. The molecular formula is C31H35N3Ni. The molecule has 3 aromatic carbocycles. The van der Waals surface area contributed by atoms with Gasteiger partial charge in [0, 0.05) is 0 Å². The van der Waals surface area contributed by atoms with Crippen LogP contribution in [0.25, 0.3) is 0 Å². The number of para-hydroxylation sites is 3. The number of hydrogen-bond acceptors (Lipinski definition) is 3. The molecule has 0 bridgehead atoms. The minimum atomic E-state index is 0. The van der Waals surface area contributed by atoms with Gasteiger partial charge in [0.2, 0.25) is 0 Å². The molecule has 184 valence electrons. The van der Waals surface area contributed by atoms with Gasteiger partial charge in [-0.25, -0.2) is 0 Å². The Hall–Kier alpha value is -3.10. The molecule has 0 saturated carbocycles. The first-order chi connectivity index (χ1) is 16.2. The second-order valence-corrected chi connectivity index (χ2v) is 8.46. The molecule has 0 aliphatic heterocycles. The summed E-state index contributed by atoms with van der Waals surface area (Å²) in [5.41, 5.74) is 11.0. The Morgan fingerprint density at radius 3 is 1.31 bits per heavy atom. The van der Waals surface area contributed by atoms with E-state index in [1.54, 1.807) is 6.92 Å². The molecule has 0 aliphatic rings. The minimum absolute atomic E-state index is 0. The van der Waals surface area contributed by atoms with Gasteiger partial charge in [-0.3, -0.25) is 11.6 Å². The van der Waals surface area contributed by atoms with Crippen LogP contribution >= 0.6 is 0 Å². The largest absolute Gasteiger partial charge is 2.00 e. The summed E-state index contributed by atoms with van der Waals surface area (Å²) in [6, 6.07) is 18.6. The van der Waals surface area contributed by atoms with E-state index in [2.05, 4.69) is 109 Å². The van der Waals surface area contributed by atoms with E-state index < -0.39 is 0 Å². The molecule has 0 unspecified atom stereocenters. The molecule has 0 spiro atoms. The van der Waals surface area contributed by atoms with E-state index in [9.17, 15) is 0 Å². The average molecular weight is 508 g/mol. The first-order valence-corrected chi connectivity index (χ1v) is 11.4. The Labute approximate surface area is 221 Å². The number of rotatable bonds is 5. The zero-order chi connectivity index (χ0) is 25.3. The Bertz CT molecular complexity index is 1190. The molecule has 35 heavy (non-hydrogen) atoms. The van der Waals surface area contributed by atoms with Crippen molar-refractivity contribution in [2.24, 2.45) is 15.0 Å². The molecule has 0 atom stereocenters. The third-order valence-electron chi connectivity index (χ3n) is 5.44. The van der Waals surface area contributed by atoms with Crippen molar-refractivity contribution in [2.45, 2.75) is 55.4 Å². The molecule has 3 nitrogen and oxygen atoms in total. The van der Waals surface area contributed by atoms with Gasteiger partial charge in [0.05, 0.1) is 11.4 Å². The molecule has 0 N–H and O–H groups in total. The van der Waals surface area contributed by atoms with Crippen LogP contribution in [-0.2, 0) is 16.5 Å². The fourth-order valence-corrected chi connectivity index (χ4v) is 3.57. The van der Waals surface area contributed by atoms with Crippen molar-refractivity contribution in [2.75, 3.05) is 0 Å². The molecule has 0 radical (unpaired) electrons. The second kappa shape index (κ2) is 14.3. The zero-order valence-electron chi connectivity index (χ0n) is 22.1. The van der Waals surface area contributed by atoms with Gasteiger partial charge < -0.3 is 16.1 Å². The van der Waals surface area contributed by atoms with Crippen LogP contribution in [0.15, 0.2) is 76.2 Å². The number of benzene rings is 3. The molecule has 0 fully saturated rings. The summed E-state index contributed by atoms with van der Waals surface area (Å²) in [5.74, 6) is 0. The average Bonchev–Trinajstić information content (AvgIpc) is 2.77. The molecule has 0 saturated heterocycles. The van der Waals surface area contributed by atoms with Crippen LogP contribution in [0.3, 0.4) is 0 Å². The number of allylic oxidation sites excluding steroid dienone is 1. The van der Waals surface area contributed by atoms with E-state index >= 15 is 0 Å². The quantitative estimate of drug-likeness (QED) is 0.188. The molecule has 0 aromatic heterocycles. The summed E-state index contributed by atoms with van der Waals surface area (Å²) >= 11 is 0. The molecule has 3 aromatic rings. The van der Waals surface area contributed by atoms with E-state index in [1.165, 1.54) is 0 Å². The predicted molar refractivity (Wildman–Crippen MR) is 149 cm³/mol. The molecular weight excluding hydrogens is 473 g/mol. The number of nitrogens with zero attached hydrogens (tertiary/aromatic N) is 3. The maximum Gasteiger partial charge on any atom is 2.00 e. The van der Waals surface area contributed by atoms with Crippen molar-refractivity contribution in [3.63, 3.8) is 0 Å². The van der Waals surface area contributed by atoms with Gasteiger partial charge in [0.15, 0.2) is 0 Å². The van der Waals surface area contributed by atoms with E-state index in [-0.39, 0.29) is 16.5 Å². The van der Waals surface area contributed by atoms with Crippen molar-refractivity contribution in [3.8, 4) is 0 Å². The third-order valence-corrected chi connectivity index (χ3v) is 5.44. The van der Waals surface area contributed by atoms with Crippen LogP contribution in [0.5, 0.6) is 0 Å². The fraction of sp³-hybridized carbons (Fsp3) is 0.258. The van der Waals surface area contributed by atoms with Crippen LogP contribution in [0, 0.1) is 47.6 Å². The van der Waals surface area contributed by atoms with E-state index in [4.69, 9.17) is 15.0 Å². The fourth-order valence-electron chi connectivity index (χ4n) is 3.57. The van der Waals surface area contributed by atoms with Crippen molar-refractivity contribution in [1.82, 2.24) is 0 Å². The van der Waals surface area contributed by atoms with Gasteiger partial charge in [-0.05, 0) is 80.9 Å². The third kappa shape index (κ3) is 8.26. The Kier molecular flexibility index (Phi) is 12.3. The predicted octanol–water partition coefficient (Wildman–Crippen LogP) is 8.67. The minimum Gasteiger partial charge on any atom is -0.507 e. The maximum atomic E-state index is 4.97. The van der Waals surface area contributed by atoms with Gasteiger partial charge in [-0.2, -0.15) is 6.92 Å². The first-order valence-electron chi connectivity index (χ1n) is 11.4. The van der Waals surface area contributed by atoms with Crippen LogP contribution in [0.1, 0.15) is 47.2 Å². The topological polar surface area (TPSA) is 37.1 Å². The standard InChI is InChI=1S/C28H30N3.C3H5.Ni/c1-18-11-8-12-19(2)26(18)29-17-25(31-28-22(5)15-10-16-23(28)6)24(7)30-27-20(3)13-9-14-21(27)4;1-3-2;/h8-16H,1-7H3;1H2,2H3;/q2*-1;+2. The zero-order valence-corrected chi connectivity index (χ0v) is 23.0. The van der Waals surface area contributed by atoms with Gasteiger partial charge >= 0.3 is 16.5 Å². The number of hydrogen-bond donors (Lipinski definition) is 0. The normalized spacial score (nSPS) is 11.5. The molecule has 0 aliphatic carbocycles. The van der Waals surface area contributed by atoms with E-state index in [1.807, 2.05) is 13.0 Å². The second-order valence-electron chi connectivity index (χ2n) is 8.46. The number of aliphatic imine (C=N–C) groups is 3. The summed E-state index contributed by atoms with van der Waals surface area (Å²) in [7, 11) is 0. The van der Waals surface area contributed by atoms with Crippen molar-refractivity contribution >= 4 is 34.7 Å². The molecule has 0 heterocycles. The van der Waals surface area contributed by atoms with Crippen LogP contribution in [-0.4, -0.2) is 17.6 Å². The number of aryl methyl sites for hydroxylation is 6. The Balaban J connectivity index is 0.00000145.